The number of rotatable bonds is 1. The molecular formula is C10H4Cl2N2S2. The Labute approximate surface area is 111 Å². The number of hydrogen-bond acceptors (Lipinski definition) is 3. The van der Waals surface area contributed by atoms with E-state index in [1.165, 1.54) is 11.3 Å². The van der Waals surface area contributed by atoms with E-state index in [2.05, 4.69) is 4.98 Å². The highest BCUT2D eigenvalue weighted by atomic mass is 35.5. The zero-order valence-corrected chi connectivity index (χ0v) is 10.9. The molecule has 16 heavy (non-hydrogen) atoms. The van der Waals surface area contributed by atoms with Gasteiger partial charge in [-0.3, -0.25) is 0 Å². The van der Waals surface area contributed by atoms with Crippen molar-refractivity contribution in [2.75, 3.05) is 0 Å². The van der Waals surface area contributed by atoms with Gasteiger partial charge in [0, 0.05) is 11.3 Å². The van der Waals surface area contributed by atoms with Crippen molar-refractivity contribution < 1.29 is 0 Å². The van der Waals surface area contributed by atoms with Gasteiger partial charge in [0.25, 0.3) is 0 Å². The van der Waals surface area contributed by atoms with E-state index >= 15 is 0 Å². The maximum Gasteiger partial charge on any atom is 0.121 e. The molecule has 0 amide bonds. The highest BCUT2D eigenvalue weighted by Gasteiger charge is 2.09. The number of nitrogens with one attached hydrogen (secondary N) is 1. The van der Waals surface area contributed by atoms with E-state index in [4.69, 9.17) is 40.7 Å². The Bertz CT molecular complexity index is 637. The van der Waals surface area contributed by atoms with Gasteiger partial charge in [0.1, 0.15) is 15.0 Å². The molecule has 0 saturated heterocycles. The van der Waals surface area contributed by atoms with Crippen molar-refractivity contribution in [2.24, 2.45) is 0 Å². The smallest absolute Gasteiger partial charge is 0.121 e. The molecule has 1 N–H and O–H groups in total. The van der Waals surface area contributed by atoms with Gasteiger partial charge in [0.05, 0.1) is 9.90 Å². The number of pyridine rings is 1. The van der Waals surface area contributed by atoms with Crippen molar-refractivity contribution >= 4 is 46.8 Å². The minimum atomic E-state index is 0.401. The Hall–Kier alpha value is -0.860. The normalized spacial score (nSPS) is 10.1. The molecule has 0 radical (unpaired) electrons. The van der Waals surface area contributed by atoms with Crippen molar-refractivity contribution in [2.45, 2.75) is 0 Å². The summed E-state index contributed by atoms with van der Waals surface area (Å²) in [7, 11) is 0. The molecule has 2 aromatic rings. The van der Waals surface area contributed by atoms with Crippen molar-refractivity contribution in [3.63, 3.8) is 0 Å². The van der Waals surface area contributed by atoms with E-state index in [-0.39, 0.29) is 0 Å². The van der Waals surface area contributed by atoms with Gasteiger partial charge < -0.3 is 4.98 Å². The van der Waals surface area contributed by atoms with Gasteiger partial charge in [-0.05, 0) is 18.2 Å². The zero-order chi connectivity index (χ0) is 11.7. The lowest BCUT2D eigenvalue weighted by molar-refractivity contribution is 1.28. The third-order valence-electron chi connectivity index (χ3n) is 1.98. The lowest BCUT2D eigenvalue weighted by atomic mass is 10.2. The number of thiophene rings is 1. The van der Waals surface area contributed by atoms with Crippen LogP contribution in [0.1, 0.15) is 5.56 Å². The number of aromatic nitrogens is 1. The van der Waals surface area contributed by atoms with Gasteiger partial charge in [0.15, 0.2) is 0 Å². The molecule has 0 saturated carbocycles. The van der Waals surface area contributed by atoms with E-state index in [1.54, 1.807) is 18.2 Å². The number of aromatic amines is 1. The third-order valence-corrected chi connectivity index (χ3v) is 3.79. The summed E-state index contributed by atoms with van der Waals surface area (Å²) in [4.78, 5) is 2.95. The van der Waals surface area contributed by atoms with Gasteiger partial charge in [-0.2, -0.15) is 5.26 Å². The first-order valence-electron chi connectivity index (χ1n) is 4.20. The minimum absolute atomic E-state index is 0.401. The van der Waals surface area contributed by atoms with Crippen molar-refractivity contribution in [3.8, 4) is 17.3 Å². The summed E-state index contributed by atoms with van der Waals surface area (Å²) in [5.41, 5.74) is 2.00. The van der Waals surface area contributed by atoms with Crippen LogP contribution in [0.25, 0.3) is 11.3 Å². The second-order valence-corrected chi connectivity index (χ2v) is 5.66. The number of hydrogen-bond donors (Lipinski definition) is 1. The lowest BCUT2D eigenvalue weighted by Crippen LogP contribution is -1.85. The minimum Gasteiger partial charge on any atom is -0.345 e. The molecule has 2 heterocycles. The molecule has 0 aromatic carbocycles. The fourth-order valence-electron chi connectivity index (χ4n) is 1.24. The molecule has 2 nitrogen and oxygen atoms in total. The fraction of sp³-hybridized carbons (Fsp3) is 0. The summed E-state index contributed by atoms with van der Waals surface area (Å²) in [6.45, 7) is 0. The van der Waals surface area contributed by atoms with Crippen molar-refractivity contribution in [3.05, 3.63) is 37.1 Å². The predicted molar refractivity (Wildman–Crippen MR) is 69.7 cm³/mol. The Kier molecular flexibility index (Phi) is 3.31. The van der Waals surface area contributed by atoms with Crippen LogP contribution in [0, 0.1) is 16.0 Å². The SMILES string of the molecule is N#Cc1ccc(-c2cc(Cl)sc2Cl)[nH]c1=S. The van der Waals surface area contributed by atoms with Crippen LogP contribution in [0.15, 0.2) is 18.2 Å². The largest absolute Gasteiger partial charge is 0.345 e. The van der Waals surface area contributed by atoms with Crippen LogP contribution in [0.3, 0.4) is 0 Å². The molecule has 0 aliphatic rings. The first-order chi connectivity index (χ1) is 7.61. The highest BCUT2D eigenvalue weighted by Crippen LogP contribution is 2.37. The molecule has 2 rings (SSSR count). The number of H-pyrrole nitrogens is 1. The van der Waals surface area contributed by atoms with Crippen LogP contribution in [-0.2, 0) is 0 Å². The quantitative estimate of drug-likeness (QED) is 0.775. The molecule has 6 heteroatoms. The van der Waals surface area contributed by atoms with Crippen molar-refractivity contribution in [1.82, 2.24) is 4.98 Å². The van der Waals surface area contributed by atoms with E-state index in [1.807, 2.05) is 6.07 Å². The summed E-state index contributed by atoms with van der Waals surface area (Å²) in [5, 5.41) is 8.76. The first kappa shape index (κ1) is 11.6. The number of nitrogens with zero attached hydrogens (tertiary/aromatic N) is 1. The molecule has 0 fully saturated rings. The monoisotopic (exact) mass is 286 g/mol. The summed E-state index contributed by atoms with van der Waals surface area (Å²) >= 11 is 18.2. The van der Waals surface area contributed by atoms with Crippen LogP contribution in [0.2, 0.25) is 8.67 Å². The number of halogens is 2. The van der Waals surface area contributed by atoms with Gasteiger partial charge in [-0.25, -0.2) is 0 Å². The van der Waals surface area contributed by atoms with E-state index < -0.39 is 0 Å². The van der Waals surface area contributed by atoms with E-state index in [0.29, 0.717) is 18.9 Å². The third kappa shape index (κ3) is 2.13. The molecule has 0 unspecified atom stereocenters. The van der Waals surface area contributed by atoms with Gasteiger partial charge in [0.2, 0.25) is 0 Å². The van der Waals surface area contributed by atoms with Crippen LogP contribution in [-0.4, -0.2) is 4.98 Å². The second kappa shape index (κ2) is 4.56. The highest BCUT2D eigenvalue weighted by molar-refractivity contribution is 7.71. The number of nitriles is 1. The van der Waals surface area contributed by atoms with Crippen LogP contribution in [0.5, 0.6) is 0 Å². The van der Waals surface area contributed by atoms with E-state index in [9.17, 15) is 0 Å². The maximum atomic E-state index is 8.76. The van der Waals surface area contributed by atoms with Crippen LogP contribution in [0.4, 0.5) is 0 Å². The molecule has 2 aromatic heterocycles. The van der Waals surface area contributed by atoms with Gasteiger partial charge >= 0.3 is 0 Å². The van der Waals surface area contributed by atoms with Crippen molar-refractivity contribution in [1.29, 1.82) is 5.26 Å². The molecule has 0 spiro atoms. The average Bonchev–Trinajstić information content (AvgIpc) is 2.58. The Balaban J connectivity index is 2.59. The molecular weight excluding hydrogens is 283 g/mol. The van der Waals surface area contributed by atoms with E-state index in [0.717, 1.165) is 11.3 Å². The van der Waals surface area contributed by atoms with Crippen LogP contribution >= 0.6 is 46.8 Å². The molecule has 0 aliphatic heterocycles. The fourth-order valence-corrected chi connectivity index (χ4v) is 2.96. The predicted octanol–water partition coefficient (Wildman–Crippen LogP) is 4.65. The molecule has 0 aliphatic carbocycles. The summed E-state index contributed by atoms with van der Waals surface area (Å²) in [5.74, 6) is 0. The first-order valence-corrected chi connectivity index (χ1v) is 6.18. The van der Waals surface area contributed by atoms with Gasteiger partial charge in [-0.15, -0.1) is 11.3 Å². The topological polar surface area (TPSA) is 39.6 Å². The second-order valence-electron chi connectivity index (χ2n) is 2.96. The van der Waals surface area contributed by atoms with Gasteiger partial charge in [-0.1, -0.05) is 35.4 Å². The standard InChI is InChI=1S/C10H4Cl2N2S2/c11-8-3-6(9(12)16-8)7-2-1-5(4-13)10(15)14-7/h1-3H,(H,14,15). The summed E-state index contributed by atoms with van der Waals surface area (Å²) in [6.07, 6.45) is 0. The Morgan fingerprint density at radius 1 is 1.38 bits per heavy atom. The van der Waals surface area contributed by atoms with Crippen LogP contribution < -0.4 is 0 Å². The average molecular weight is 287 g/mol. The molecule has 0 atom stereocenters. The summed E-state index contributed by atoms with van der Waals surface area (Å²) < 4.78 is 1.61. The molecule has 0 bridgehead atoms. The summed E-state index contributed by atoms with van der Waals surface area (Å²) in [6, 6.07) is 7.19. The Morgan fingerprint density at radius 2 is 2.12 bits per heavy atom. The molecule has 80 valence electrons. The maximum absolute atomic E-state index is 8.76. The Morgan fingerprint density at radius 3 is 2.62 bits per heavy atom. The lowest BCUT2D eigenvalue weighted by Gasteiger charge is -1.99. The zero-order valence-electron chi connectivity index (χ0n) is 7.75.